The number of hydrogen-bond acceptors (Lipinski definition) is 6. The molecule has 2 amide bonds. The number of nitrogens with zero attached hydrogens (tertiary/aromatic N) is 1. The quantitative estimate of drug-likeness (QED) is 0.445. The second kappa shape index (κ2) is 9.35. The molecule has 0 aliphatic carbocycles. The number of anilines is 1. The highest BCUT2D eigenvalue weighted by atomic mass is 35.5. The second-order valence-corrected chi connectivity index (χ2v) is 7.61. The van der Waals surface area contributed by atoms with Crippen LogP contribution in [-0.2, 0) is 14.3 Å². The highest BCUT2D eigenvalue weighted by molar-refractivity contribution is 8.19. The van der Waals surface area contributed by atoms with Crippen LogP contribution in [0, 0.1) is 0 Å². The van der Waals surface area contributed by atoms with E-state index in [-0.39, 0.29) is 23.1 Å². The number of benzene rings is 2. The lowest BCUT2D eigenvalue weighted by Crippen LogP contribution is -2.27. The summed E-state index contributed by atoms with van der Waals surface area (Å²) in [6.07, 6.45) is 1.57. The summed E-state index contributed by atoms with van der Waals surface area (Å²) in [5.74, 6) is -0.615. The predicted octanol–water partition coefficient (Wildman–Crippen LogP) is 5.18. The minimum atomic E-state index is -0.497. The Balaban J connectivity index is 1.75. The van der Waals surface area contributed by atoms with Crippen molar-refractivity contribution in [3.63, 3.8) is 0 Å². The van der Waals surface area contributed by atoms with Gasteiger partial charge in [0.25, 0.3) is 11.1 Å². The highest BCUT2D eigenvalue weighted by Gasteiger charge is 2.36. The summed E-state index contributed by atoms with van der Waals surface area (Å²) in [5.41, 5.74) is 1.06. The number of esters is 1. The van der Waals surface area contributed by atoms with Crippen molar-refractivity contribution in [2.75, 3.05) is 18.1 Å². The minimum absolute atomic E-state index is 0.257. The van der Waals surface area contributed by atoms with Crippen molar-refractivity contribution in [2.45, 2.75) is 6.92 Å². The Bertz CT molecular complexity index is 991. The normalized spacial score (nSPS) is 15.1. The van der Waals surface area contributed by atoms with Crippen molar-refractivity contribution in [2.24, 2.45) is 0 Å². The minimum Gasteiger partial charge on any atom is -0.480 e. The van der Waals surface area contributed by atoms with E-state index in [1.807, 2.05) is 0 Å². The third kappa shape index (κ3) is 5.12. The molecule has 0 radical (unpaired) electrons. The lowest BCUT2D eigenvalue weighted by molar-refractivity contribution is -0.145. The summed E-state index contributed by atoms with van der Waals surface area (Å²) >= 11 is 12.9. The molecule has 2 aromatic carbocycles. The fourth-order valence-electron chi connectivity index (χ4n) is 2.50. The first-order valence-electron chi connectivity index (χ1n) is 8.50. The number of hydrogen-bond donors (Lipinski definition) is 0. The zero-order valence-electron chi connectivity index (χ0n) is 15.2. The van der Waals surface area contributed by atoms with Crippen LogP contribution >= 0.6 is 35.0 Å². The number of carbonyl (C=O) groups is 3. The zero-order chi connectivity index (χ0) is 21.0. The molecule has 9 heteroatoms. The molecular weight excluding hydrogens is 437 g/mol. The van der Waals surface area contributed by atoms with E-state index in [9.17, 15) is 14.4 Å². The van der Waals surface area contributed by atoms with Gasteiger partial charge in [0.1, 0.15) is 5.75 Å². The van der Waals surface area contributed by atoms with Crippen molar-refractivity contribution in [1.82, 2.24) is 0 Å². The van der Waals surface area contributed by atoms with Gasteiger partial charge in [-0.05, 0) is 66.7 Å². The topological polar surface area (TPSA) is 72.9 Å². The van der Waals surface area contributed by atoms with Gasteiger partial charge < -0.3 is 9.47 Å². The molecule has 0 aromatic heterocycles. The molecular formula is C20H15Cl2NO5S. The van der Waals surface area contributed by atoms with E-state index in [0.29, 0.717) is 22.0 Å². The maximum atomic E-state index is 12.7. The Hall–Kier alpha value is -2.48. The third-order valence-corrected chi connectivity index (χ3v) is 5.20. The largest absolute Gasteiger partial charge is 0.480 e. The summed E-state index contributed by atoms with van der Waals surface area (Å²) in [5, 5.41) is 0.375. The van der Waals surface area contributed by atoms with Crippen LogP contribution in [0.25, 0.3) is 6.08 Å². The van der Waals surface area contributed by atoms with Gasteiger partial charge in [-0.2, -0.15) is 0 Å². The average molecular weight is 452 g/mol. The van der Waals surface area contributed by atoms with E-state index >= 15 is 0 Å². The number of carbonyl (C=O) groups excluding carboxylic acids is 3. The van der Waals surface area contributed by atoms with Gasteiger partial charge in [-0.25, -0.2) is 9.69 Å². The standard InChI is InChI=1S/C20H15Cl2NO5S/c1-2-27-18(24)11-28-16-8-3-12(9-15(16)22)10-17-19(25)23(20(26)29-17)14-6-4-13(21)5-7-14/h3-10H,2,11H2,1H3/b17-10-. The molecule has 1 saturated heterocycles. The number of ether oxygens (including phenoxy) is 2. The number of rotatable bonds is 6. The molecule has 0 saturated carbocycles. The first kappa shape index (κ1) is 21.2. The van der Waals surface area contributed by atoms with Gasteiger partial charge in [0, 0.05) is 5.02 Å². The van der Waals surface area contributed by atoms with Crippen molar-refractivity contribution in [3.8, 4) is 5.75 Å². The first-order chi connectivity index (χ1) is 13.9. The monoisotopic (exact) mass is 451 g/mol. The molecule has 150 valence electrons. The summed E-state index contributed by atoms with van der Waals surface area (Å²) in [6, 6.07) is 11.3. The molecule has 6 nitrogen and oxygen atoms in total. The van der Waals surface area contributed by atoms with Gasteiger partial charge in [-0.1, -0.05) is 29.3 Å². The maximum absolute atomic E-state index is 12.7. The number of thioether (sulfide) groups is 1. The van der Waals surface area contributed by atoms with Gasteiger partial charge in [-0.15, -0.1) is 0 Å². The van der Waals surface area contributed by atoms with E-state index in [1.54, 1.807) is 55.5 Å². The number of imide groups is 1. The van der Waals surface area contributed by atoms with Crippen molar-refractivity contribution < 1.29 is 23.9 Å². The fourth-order valence-corrected chi connectivity index (χ4v) is 3.71. The van der Waals surface area contributed by atoms with Crippen LogP contribution in [0.2, 0.25) is 10.0 Å². The Labute approximate surface area is 181 Å². The van der Waals surface area contributed by atoms with E-state index in [1.165, 1.54) is 0 Å². The molecule has 2 aromatic rings. The molecule has 1 fully saturated rings. The van der Waals surface area contributed by atoms with Crippen LogP contribution in [0.15, 0.2) is 47.4 Å². The number of halogens is 2. The van der Waals surface area contributed by atoms with Gasteiger partial charge in [0.05, 0.1) is 22.2 Å². The van der Waals surface area contributed by atoms with Crippen molar-refractivity contribution in [1.29, 1.82) is 0 Å². The Morgan fingerprint density at radius 3 is 2.52 bits per heavy atom. The van der Waals surface area contributed by atoms with E-state index in [0.717, 1.165) is 16.7 Å². The molecule has 0 atom stereocenters. The van der Waals surface area contributed by atoms with Crippen molar-refractivity contribution >= 4 is 63.8 Å². The van der Waals surface area contributed by atoms with E-state index in [4.69, 9.17) is 32.7 Å². The summed E-state index contributed by atoms with van der Waals surface area (Å²) in [6.45, 7) is 1.71. The van der Waals surface area contributed by atoms with Crippen LogP contribution in [0.1, 0.15) is 12.5 Å². The molecule has 1 heterocycles. The SMILES string of the molecule is CCOC(=O)COc1ccc(/C=C2\SC(=O)N(c3ccc(Cl)cc3)C2=O)cc1Cl. The molecule has 3 rings (SSSR count). The summed E-state index contributed by atoms with van der Waals surface area (Å²) in [7, 11) is 0. The van der Waals surface area contributed by atoms with Gasteiger partial charge in [0.2, 0.25) is 0 Å². The third-order valence-electron chi connectivity index (χ3n) is 3.78. The Morgan fingerprint density at radius 2 is 1.86 bits per heavy atom. The zero-order valence-corrected chi connectivity index (χ0v) is 17.5. The lowest BCUT2D eigenvalue weighted by Gasteiger charge is -2.12. The molecule has 1 aliphatic heterocycles. The summed E-state index contributed by atoms with van der Waals surface area (Å²) in [4.78, 5) is 37.7. The fraction of sp³-hybridized carbons (Fsp3) is 0.150. The second-order valence-electron chi connectivity index (χ2n) is 5.78. The van der Waals surface area contributed by atoms with Gasteiger partial charge >= 0.3 is 5.97 Å². The van der Waals surface area contributed by atoms with Gasteiger partial charge in [0.15, 0.2) is 6.61 Å². The average Bonchev–Trinajstić information content (AvgIpc) is 2.95. The molecule has 0 N–H and O–H groups in total. The highest BCUT2D eigenvalue weighted by Crippen LogP contribution is 2.36. The van der Waals surface area contributed by atoms with E-state index < -0.39 is 17.1 Å². The molecule has 1 aliphatic rings. The predicted molar refractivity (Wildman–Crippen MR) is 113 cm³/mol. The molecule has 29 heavy (non-hydrogen) atoms. The molecule has 0 unspecified atom stereocenters. The van der Waals surface area contributed by atoms with Crippen LogP contribution in [0.3, 0.4) is 0 Å². The Kier molecular flexibility index (Phi) is 6.84. The Morgan fingerprint density at radius 1 is 1.14 bits per heavy atom. The van der Waals surface area contributed by atoms with Crippen LogP contribution in [-0.4, -0.2) is 30.3 Å². The first-order valence-corrected chi connectivity index (χ1v) is 10.1. The maximum Gasteiger partial charge on any atom is 0.344 e. The van der Waals surface area contributed by atoms with Crippen LogP contribution in [0.4, 0.5) is 10.5 Å². The van der Waals surface area contributed by atoms with Gasteiger partial charge in [-0.3, -0.25) is 9.59 Å². The molecule has 0 spiro atoms. The summed E-state index contributed by atoms with van der Waals surface area (Å²) < 4.78 is 10.1. The molecule has 0 bridgehead atoms. The smallest absolute Gasteiger partial charge is 0.344 e. The van der Waals surface area contributed by atoms with Crippen molar-refractivity contribution in [3.05, 3.63) is 63.0 Å². The van der Waals surface area contributed by atoms with Crippen LogP contribution < -0.4 is 9.64 Å². The van der Waals surface area contributed by atoms with Crippen LogP contribution in [0.5, 0.6) is 5.75 Å². The lowest BCUT2D eigenvalue weighted by atomic mass is 10.2. The number of amides is 2. The van der Waals surface area contributed by atoms with E-state index in [2.05, 4.69) is 0 Å².